The van der Waals surface area contributed by atoms with E-state index in [9.17, 15) is 4.79 Å². The van der Waals surface area contributed by atoms with Gasteiger partial charge in [-0.25, -0.2) is 4.79 Å². The fourth-order valence-corrected chi connectivity index (χ4v) is 1.33. The molecule has 0 fully saturated rings. The van der Waals surface area contributed by atoms with Gasteiger partial charge in [0.15, 0.2) is 0 Å². The molecule has 4 heteroatoms. The second kappa shape index (κ2) is 8.97. The van der Waals surface area contributed by atoms with Crippen molar-refractivity contribution in [1.29, 1.82) is 0 Å². The van der Waals surface area contributed by atoms with Crippen molar-refractivity contribution in [1.82, 2.24) is 0 Å². The van der Waals surface area contributed by atoms with E-state index in [1.165, 1.54) is 25.7 Å². The largest absolute Gasteiger partial charge is 0.358 e. The fraction of sp³-hybridized carbons (Fsp3) is 0.900. The summed E-state index contributed by atoms with van der Waals surface area (Å²) in [6.45, 7) is 2.17. The molecule has 0 aliphatic carbocycles. The average Bonchev–Trinajstić information content (AvgIpc) is 2.21. The molecule has 0 saturated carbocycles. The van der Waals surface area contributed by atoms with E-state index in [-0.39, 0.29) is 0 Å². The van der Waals surface area contributed by atoms with Crippen molar-refractivity contribution in [2.45, 2.75) is 57.9 Å². The van der Waals surface area contributed by atoms with Crippen LogP contribution in [-0.2, 0) is 9.68 Å². The Labute approximate surface area is 85.4 Å². The minimum absolute atomic E-state index is 0.589. The highest BCUT2D eigenvalue weighted by Crippen LogP contribution is 2.08. The van der Waals surface area contributed by atoms with Crippen molar-refractivity contribution in [3.05, 3.63) is 0 Å². The van der Waals surface area contributed by atoms with Crippen molar-refractivity contribution < 1.29 is 14.9 Å². The van der Waals surface area contributed by atoms with Crippen LogP contribution in [0.5, 0.6) is 0 Å². The minimum atomic E-state index is -0.737. The lowest BCUT2D eigenvalue weighted by molar-refractivity contribution is -0.235. The SMILES string of the molecule is CCCCCCCCC(N)C(=O)OO. The molecule has 0 amide bonds. The van der Waals surface area contributed by atoms with Gasteiger partial charge in [-0.05, 0) is 6.42 Å². The standard InChI is InChI=1S/C10H21NO3/c1-2-3-4-5-6-7-8-9(11)10(12)14-13/h9,13H,2-8,11H2,1H3. The van der Waals surface area contributed by atoms with E-state index in [1.54, 1.807) is 0 Å². The molecule has 0 aromatic heterocycles. The van der Waals surface area contributed by atoms with Crippen LogP contribution in [0.3, 0.4) is 0 Å². The van der Waals surface area contributed by atoms with Crippen molar-refractivity contribution in [2.24, 2.45) is 5.73 Å². The van der Waals surface area contributed by atoms with Gasteiger partial charge in [-0.2, -0.15) is 5.26 Å². The van der Waals surface area contributed by atoms with Gasteiger partial charge in [0, 0.05) is 0 Å². The van der Waals surface area contributed by atoms with Crippen LogP contribution < -0.4 is 5.73 Å². The third-order valence-corrected chi connectivity index (χ3v) is 2.26. The number of unbranched alkanes of at least 4 members (excludes halogenated alkanes) is 5. The molecule has 0 aliphatic rings. The Morgan fingerprint density at radius 2 is 1.86 bits per heavy atom. The molecule has 0 bridgehead atoms. The van der Waals surface area contributed by atoms with Crippen molar-refractivity contribution in [3.63, 3.8) is 0 Å². The molecular weight excluding hydrogens is 182 g/mol. The molecule has 0 saturated heterocycles. The van der Waals surface area contributed by atoms with E-state index >= 15 is 0 Å². The number of rotatable bonds is 8. The molecule has 0 aromatic rings. The molecule has 84 valence electrons. The van der Waals surface area contributed by atoms with Gasteiger partial charge in [0.2, 0.25) is 0 Å². The van der Waals surface area contributed by atoms with Gasteiger partial charge in [-0.15, -0.1) is 0 Å². The maximum atomic E-state index is 10.7. The van der Waals surface area contributed by atoms with E-state index in [4.69, 9.17) is 11.0 Å². The number of carbonyl (C=O) groups is 1. The lowest BCUT2D eigenvalue weighted by Gasteiger charge is -2.06. The second-order valence-corrected chi connectivity index (χ2v) is 3.57. The summed E-state index contributed by atoms with van der Waals surface area (Å²) in [5.41, 5.74) is 5.43. The summed E-state index contributed by atoms with van der Waals surface area (Å²) in [5.74, 6) is -0.737. The molecule has 1 unspecified atom stereocenters. The Kier molecular flexibility index (Phi) is 8.57. The molecule has 0 radical (unpaired) electrons. The first-order chi connectivity index (χ1) is 6.72. The zero-order chi connectivity index (χ0) is 10.8. The second-order valence-electron chi connectivity index (χ2n) is 3.57. The summed E-state index contributed by atoms with van der Waals surface area (Å²) in [4.78, 5) is 14.2. The molecular formula is C10H21NO3. The smallest absolute Gasteiger partial charge is 0.318 e. The third kappa shape index (κ3) is 6.86. The number of carbonyl (C=O) groups excluding carboxylic acids is 1. The first-order valence-corrected chi connectivity index (χ1v) is 5.33. The minimum Gasteiger partial charge on any atom is -0.318 e. The van der Waals surface area contributed by atoms with Crippen molar-refractivity contribution >= 4 is 5.97 Å². The summed E-state index contributed by atoms with van der Waals surface area (Å²) in [6, 6.07) is -0.675. The van der Waals surface area contributed by atoms with Crippen LogP contribution in [0.15, 0.2) is 0 Å². The van der Waals surface area contributed by atoms with Crippen molar-refractivity contribution in [3.8, 4) is 0 Å². The molecule has 3 N–H and O–H groups in total. The van der Waals surface area contributed by atoms with Crippen LogP contribution in [-0.4, -0.2) is 17.3 Å². The topological polar surface area (TPSA) is 72.6 Å². The maximum absolute atomic E-state index is 10.7. The van der Waals surface area contributed by atoms with Gasteiger partial charge in [-0.3, -0.25) is 4.89 Å². The van der Waals surface area contributed by atoms with Gasteiger partial charge in [0.1, 0.15) is 6.04 Å². The fourth-order valence-electron chi connectivity index (χ4n) is 1.33. The predicted molar refractivity (Wildman–Crippen MR) is 54.7 cm³/mol. The summed E-state index contributed by atoms with van der Waals surface area (Å²) < 4.78 is 0. The molecule has 0 rings (SSSR count). The Morgan fingerprint density at radius 1 is 1.29 bits per heavy atom. The number of nitrogens with two attached hydrogens (primary N) is 1. The van der Waals surface area contributed by atoms with E-state index in [2.05, 4.69) is 11.8 Å². The van der Waals surface area contributed by atoms with E-state index in [0.29, 0.717) is 6.42 Å². The van der Waals surface area contributed by atoms with Crippen LogP contribution in [0.4, 0.5) is 0 Å². The third-order valence-electron chi connectivity index (χ3n) is 2.26. The Balaban J connectivity index is 3.23. The predicted octanol–water partition coefficient (Wildman–Crippen LogP) is 2.08. The monoisotopic (exact) mass is 203 g/mol. The molecule has 14 heavy (non-hydrogen) atoms. The van der Waals surface area contributed by atoms with Gasteiger partial charge in [0.25, 0.3) is 0 Å². The quantitative estimate of drug-likeness (QED) is 0.360. The van der Waals surface area contributed by atoms with Crippen LogP contribution >= 0.6 is 0 Å². The van der Waals surface area contributed by atoms with Gasteiger partial charge in [-0.1, -0.05) is 45.4 Å². The number of hydrogen-bond donors (Lipinski definition) is 2. The van der Waals surface area contributed by atoms with Crippen molar-refractivity contribution in [2.75, 3.05) is 0 Å². The number of hydrogen-bond acceptors (Lipinski definition) is 4. The molecule has 1 atom stereocenters. The van der Waals surface area contributed by atoms with Crippen LogP contribution in [0.1, 0.15) is 51.9 Å². The zero-order valence-corrected chi connectivity index (χ0v) is 8.87. The zero-order valence-electron chi connectivity index (χ0n) is 8.87. The Morgan fingerprint density at radius 3 is 2.43 bits per heavy atom. The Bertz CT molecular complexity index is 150. The van der Waals surface area contributed by atoms with E-state index in [1.807, 2.05) is 0 Å². The first kappa shape index (κ1) is 13.4. The Hall–Kier alpha value is -0.610. The van der Waals surface area contributed by atoms with Crippen LogP contribution in [0.25, 0.3) is 0 Å². The van der Waals surface area contributed by atoms with E-state index < -0.39 is 12.0 Å². The highest BCUT2D eigenvalue weighted by molar-refractivity contribution is 5.74. The highest BCUT2D eigenvalue weighted by atomic mass is 17.1. The summed E-state index contributed by atoms with van der Waals surface area (Å²) in [7, 11) is 0. The molecule has 0 aromatic carbocycles. The lowest BCUT2D eigenvalue weighted by Crippen LogP contribution is -2.31. The van der Waals surface area contributed by atoms with Crippen LogP contribution in [0.2, 0.25) is 0 Å². The van der Waals surface area contributed by atoms with Gasteiger partial charge in [0.05, 0.1) is 0 Å². The lowest BCUT2D eigenvalue weighted by atomic mass is 10.1. The summed E-state index contributed by atoms with van der Waals surface area (Å²) >= 11 is 0. The molecule has 0 aliphatic heterocycles. The molecule has 0 spiro atoms. The van der Waals surface area contributed by atoms with E-state index in [0.717, 1.165) is 12.8 Å². The highest BCUT2D eigenvalue weighted by Gasteiger charge is 2.13. The van der Waals surface area contributed by atoms with Gasteiger partial charge >= 0.3 is 5.97 Å². The van der Waals surface area contributed by atoms with Crippen LogP contribution in [0, 0.1) is 0 Å². The normalized spacial score (nSPS) is 12.5. The molecule has 4 nitrogen and oxygen atoms in total. The average molecular weight is 203 g/mol. The van der Waals surface area contributed by atoms with Gasteiger partial charge < -0.3 is 5.73 Å². The maximum Gasteiger partial charge on any atom is 0.358 e. The summed E-state index contributed by atoms with van der Waals surface area (Å²) in [6.07, 6.45) is 7.53. The first-order valence-electron chi connectivity index (χ1n) is 5.33. The summed E-state index contributed by atoms with van der Waals surface area (Å²) in [5, 5.41) is 8.05. The molecule has 0 heterocycles.